The van der Waals surface area contributed by atoms with Crippen molar-refractivity contribution >= 4 is 6.29 Å². The summed E-state index contributed by atoms with van der Waals surface area (Å²) < 4.78 is 0. The van der Waals surface area contributed by atoms with Crippen LogP contribution < -0.4 is 0 Å². The van der Waals surface area contributed by atoms with Gasteiger partial charge in [0.05, 0.1) is 0 Å². The first kappa shape index (κ1) is 13.1. The maximum absolute atomic E-state index is 10.9. The zero-order valence-electron chi connectivity index (χ0n) is 10.9. The number of aldehydes is 1. The largest absolute Gasteiger partial charge is 0.508 e. The molecule has 0 radical (unpaired) electrons. The summed E-state index contributed by atoms with van der Waals surface area (Å²) in [6.45, 7) is 3.79. The lowest BCUT2D eigenvalue weighted by Gasteiger charge is -2.27. The van der Waals surface area contributed by atoms with Gasteiger partial charge in [-0.15, -0.1) is 0 Å². The molecule has 0 atom stereocenters. The summed E-state index contributed by atoms with van der Waals surface area (Å²) in [5.74, 6) is 0.280. The minimum atomic E-state index is -0.603. The monoisotopic (exact) mass is 256 g/mol. The minimum Gasteiger partial charge on any atom is -0.508 e. The molecule has 0 fully saturated rings. The number of hydrogen-bond acceptors (Lipinski definition) is 3. The summed E-state index contributed by atoms with van der Waals surface area (Å²) in [7, 11) is 0. The standard InChI is InChI=1S/C16H16O3/c1-16(2,12-5-3-4-6-14(12)18)13-9-11(10-17)7-8-15(13)19/h3-10,18-19H,1-2H3. The summed E-state index contributed by atoms with van der Waals surface area (Å²) in [6, 6.07) is 11.7. The molecule has 19 heavy (non-hydrogen) atoms. The lowest BCUT2D eigenvalue weighted by atomic mass is 9.77. The predicted molar refractivity (Wildman–Crippen MR) is 73.7 cm³/mol. The van der Waals surface area contributed by atoms with Crippen molar-refractivity contribution in [3.63, 3.8) is 0 Å². The molecule has 0 aliphatic carbocycles. The quantitative estimate of drug-likeness (QED) is 0.829. The molecule has 0 heterocycles. The zero-order chi connectivity index (χ0) is 14.0. The number of aromatic hydroxyl groups is 2. The maximum Gasteiger partial charge on any atom is 0.150 e. The second-order valence-electron chi connectivity index (χ2n) is 5.04. The van der Waals surface area contributed by atoms with Crippen LogP contribution in [0.4, 0.5) is 0 Å². The number of para-hydroxylation sites is 1. The maximum atomic E-state index is 10.9. The van der Waals surface area contributed by atoms with Gasteiger partial charge in [-0.1, -0.05) is 32.0 Å². The first-order chi connectivity index (χ1) is 8.96. The molecule has 3 heteroatoms. The molecular formula is C16H16O3. The molecule has 0 aliphatic rings. The lowest BCUT2D eigenvalue weighted by molar-refractivity contribution is 0.112. The number of phenolic OH excluding ortho intramolecular Hbond substituents is 2. The average molecular weight is 256 g/mol. The Morgan fingerprint density at radius 1 is 0.947 bits per heavy atom. The second kappa shape index (κ2) is 4.76. The van der Waals surface area contributed by atoms with E-state index in [0.29, 0.717) is 16.7 Å². The molecule has 0 amide bonds. The molecule has 0 aliphatic heterocycles. The Bertz CT molecular complexity index is 615. The van der Waals surface area contributed by atoms with E-state index in [1.54, 1.807) is 24.3 Å². The van der Waals surface area contributed by atoms with Crippen molar-refractivity contribution in [1.29, 1.82) is 0 Å². The van der Waals surface area contributed by atoms with Crippen LogP contribution >= 0.6 is 0 Å². The molecule has 0 unspecified atom stereocenters. The molecule has 2 N–H and O–H groups in total. The van der Waals surface area contributed by atoms with Crippen LogP contribution in [-0.2, 0) is 5.41 Å². The smallest absolute Gasteiger partial charge is 0.150 e. The van der Waals surface area contributed by atoms with Crippen molar-refractivity contribution < 1.29 is 15.0 Å². The topological polar surface area (TPSA) is 57.5 Å². The van der Waals surface area contributed by atoms with Gasteiger partial charge in [-0.05, 0) is 24.3 Å². The number of hydrogen-bond donors (Lipinski definition) is 2. The van der Waals surface area contributed by atoms with Crippen molar-refractivity contribution in [2.45, 2.75) is 19.3 Å². The van der Waals surface area contributed by atoms with E-state index in [-0.39, 0.29) is 11.5 Å². The van der Waals surface area contributed by atoms with Crippen molar-refractivity contribution in [3.8, 4) is 11.5 Å². The molecule has 2 aromatic carbocycles. The van der Waals surface area contributed by atoms with Gasteiger partial charge in [0.25, 0.3) is 0 Å². The van der Waals surface area contributed by atoms with E-state index >= 15 is 0 Å². The third-order valence-corrected chi connectivity index (χ3v) is 3.41. The van der Waals surface area contributed by atoms with Gasteiger partial charge in [0.2, 0.25) is 0 Å². The first-order valence-corrected chi connectivity index (χ1v) is 6.04. The van der Waals surface area contributed by atoms with Gasteiger partial charge in [0.1, 0.15) is 17.8 Å². The average Bonchev–Trinajstić information content (AvgIpc) is 2.39. The van der Waals surface area contributed by atoms with Gasteiger partial charge in [-0.3, -0.25) is 4.79 Å². The summed E-state index contributed by atoms with van der Waals surface area (Å²) in [5, 5.41) is 20.0. The van der Waals surface area contributed by atoms with Gasteiger partial charge >= 0.3 is 0 Å². The van der Waals surface area contributed by atoms with Crippen LogP contribution in [0.1, 0.15) is 35.3 Å². The summed E-state index contributed by atoms with van der Waals surface area (Å²) in [4.78, 5) is 10.9. The van der Waals surface area contributed by atoms with E-state index in [2.05, 4.69) is 0 Å². The van der Waals surface area contributed by atoms with E-state index in [1.807, 2.05) is 26.0 Å². The van der Waals surface area contributed by atoms with E-state index in [0.717, 1.165) is 6.29 Å². The molecule has 3 nitrogen and oxygen atoms in total. The highest BCUT2D eigenvalue weighted by atomic mass is 16.3. The Hall–Kier alpha value is -2.29. The highest BCUT2D eigenvalue weighted by molar-refractivity contribution is 5.76. The zero-order valence-corrected chi connectivity index (χ0v) is 10.9. The molecule has 98 valence electrons. The van der Waals surface area contributed by atoms with Crippen LogP contribution in [0.3, 0.4) is 0 Å². The molecule has 0 aromatic heterocycles. The SMILES string of the molecule is CC(C)(c1ccccc1O)c1cc(C=O)ccc1O. The minimum absolute atomic E-state index is 0.110. The van der Waals surface area contributed by atoms with Crippen molar-refractivity contribution in [1.82, 2.24) is 0 Å². The van der Waals surface area contributed by atoms with Crippen LogP contribution in [-0.4, -0.2) is 16.5 Å². The third kappa shape index (κ3) is 2.32. The summed E-state index contributed by atoms with van der Waals surface area (Å²) in [6.07, 6.45) is 0.740. The van der Waals surface area contributed by atoms with Gasteiger partial charge < -0.3 is 10.2 Å². The van der Waals surface area contributed by atoms with Gasteiger partial charge in [-0.2, -0.15) is 0 Å². The fourth-order valence-electron chi connectivity index (χ4n) is 2.27. The Morgan fingerprint density at radius 3 is 2.21 bits per heavy atom. The number of phenols is 2. The van der Waals surface area contributed by atoms with Crippen LogP contribution in [0.15, 0.2) is 42.5 Å². The Labute approximate surface area is 112 Å². The number of benzene rings is 2. The summed E-state index contributed by atoms with van der Waals surface area (Å²) in [5.41, 5.74) is 1.21. The number of carbonyl (C=O) groups is 1. The Kier molecular flexibility index (Phi) is 3.30. The molecule has 0 spiro atoms. The Balaban J connectivity index is 2.62. The molecule has 2 rings (SSSR count). The van der Waals surface area contributed by atoms with Gasteiger partial charge in [0, 0.05) is 22.1 Å². The van der Waals surface area contributed by atoms with E-state index < -0.39 is 5.41 Å². The van der Waals surface area contributed by atoms with Crippen molar-refractivity contribution in [2.24, 2.45) is 0 Å². The normalized spacial score (nSPS) is 11.3. The summed E-state index contributed by atoms with van der Waals surface area (Å²) >= 11 is 0. The van der Waals surface area contributed by atoms with Gasteiger partial charge in [-0.25, -0.2) is 0 Å². The number of rotatable bonds is 3. The highest BCUT2D eigenvalue weighted by Crippen LogP contribution is 2.40. The number of carbonyl (C=O) groups excluding carboxylic acids is 1. The van der Waals surface area contributed by atoms with Crippen LogP contribution in [0.5, 0.6) is 11.5 Å². The van der Waals surface area contributed by atoms with Crippen LogP contribution in [0, 0.1) is 0 Å². The van der Waals surface area contributed by atoms with Crippen molar-refractivity contribution in [3.05, 3.63) is 59.2 Å². The highest BCUT2D eigenvalue weighted by Gasteiger charge is 2.28. The fourth-order valence-corrected chi connectivity index (χ4v) is 2.27. The molecule has 0 saturated heterocycles. The molecule has 0 bridgehead atoms. The lowest BCUT2D eigenvalue weighted by Crippen LogP contribution is -2.19. The van der Waals surface area contributed by atoms with Gasteiger partial charge in [0.15, 0.2) is 0 Å². The van der Waals surface area contributed by atoms with E-state index in [1.165, 1.54) is 6.07 Å². The van der Waals surface area contributed by atoms with Crippen molar-refractivity contribution in [2.75, 3.05) is 0 Å². The molecule has 2 aromatic rings. The molecule has 0 saturated carbocycles. The van der Waals surface area contributed by atoms with E-state index in [9.17, 15) is 15.0 Å². The first-order valence-electron chi connectivity index (χ1n) is 6.04. The van der Waals surface area contributed by atoms with Crippen LogP contribution in [0.25, 0.3) is 0 Å². The molecular weight excluding hydrogens is 240 g/mol. The fraction of sp³-hybridized carbons (Fsp3) is 0.188. The Morgan fingerprint density at radius 2 is 1.58 bits per heavy atom. The van der Waals surface area contributed by atoms with Crippen LogP contribution in [0.2, 0.25) is 0 Å². The van der Waals surface area contributed by atoms with E-state index in [4.69, 9.17) is 0 Å². The predicted octanol–water partition coefficient (Wildman–Crippen LogP) is 3.24. The second-order valence-corrected chi connectivity index (χ2v) is 5.04. The third-order valence-electron chi connectivity index (χ3n) is 3.41.